The molecule has 0 atom stereocenters. The van der Waals surface area contributed by atoms with Crippen LogP contribution in [0.25, 0.3) is 10.9 Å². The van der Waals surface area contributed by atoms with Crippen LogP contribution in [0.15, 0.2) is 22.7 Å². The van der Waals surface area contributed by atoms with Crippen molar-refractivity contribution in [2.75, 3.05) is 19.4 Å². The van der Waals surface area contributed by atoms with Crippen molar-refractivity contribution in [2.24, 2.45) is 0 Å². The summed E-state index contributed by atoms with van der Waals surface area (Å²) in [6.45, 7) is 1.19. The highest BCUT2D eigenvalue weighted by Gasteiger charge is 2.26. The third-order valence-corrected chi connectivity index (χ3v) is 5.79. The molecular weight excluding hydrogens is 392 g/mol. The van der Waals surface area contributed by atoms with Crippen molar-refractivity contribution >= 4 is 49.2 Å². The molecule has 0 aliphatic carbocycles. The van der Waals surface area contributed by atoms with E-state index in [-0.39, 0.29) is 5.91 Å². The Morgan fingerprint density at radius 3 is 3.12 bits per heavy atom. The number of nitrogens with one attached hydrogen (secondary N) is 1. The molecular formula is C16H15BrN4O2S. The minimum atomic E-state index is -0.0298. The molecule has 2 aromatic heterocycles. The van der Waals surface area contributed by atoms with Crippen molar-refractivity contribution in [2.45, 2.75) is 13.0 Å². The molecule has 1 aliphatic rings. The van der Waals surface area contributed by atoms with E-state index in [4.69, 9.17) is 10.5 Å². The number of hydrogen-bond donors (Lipinski definition) is 2. The Labute approximate surface area is 150 Å². The van der Waals surface area contributed by atoms with Crippen LogP contribution in [-0.4, -0.2) is 34.4 Å². The molecule has 3 aromatic rings. The lowest BCUT2D eigenvalue weighted by Crippen LogP contribution is -2.35. The van der Waals surface area contributed by atoms with E-state index in [1.54, 1.807) is 7.11 Å². The van der Waals surface area contributed by atoms with Gasteiger partial charge >= 0.3 is 0 Å². The summed E-state index contributed by atoms with van der Waals surface area (Å²) >= 11 is 4.98. The topological polar surface area (TPSA) is 84.2 Å². The Morgan fingerprint density at radius 1 is 1.50 bits per heavy atom. The van der Waals surface area contributed by atoms with Gasteiger partial charge in [-0.05, 0) is 18.2 Å². The van der Waals surface area contributed by atoms with Gasteiger partial charge in [0.2, 0.25) is 0 Å². The summed E-state index contributed by atoms with van der Waals surface area (Å²) in [5.41, 5.74) is 8.15. The number of H-pyrrole nitrogens is 1. The first-order valence-electron chi connectivity index (χ1n) is 7.45. The fourth-order valence-electron chi connectivity index (χ4n) is 3.00. The number of ether oxygens (including phenoxy) is 1. The number of nitrogens with two attached hydrogens (primary N) is 1. The smallest absolute Gasteiger partial charge is 0.270 e. The number of hydrogen-bond acceptors (Lipinski definition) is 5. The number of carbonyl (C=O) groups is 1. The summed E-state index contributed by atoms with van der Waals surface area (Å²) < 4.78 is 6.29. The highest BCUT2D eigenvalue weighted by molar-refractivity contribution is 9.10. The zero-order valence-corrected chi connectivity index (χ0v) is 15.3. The van der Waals surface area contributed by atoms with Gasteiger partial charge in [0.05, 0.1) is 24.9 Å². The van der Waals surface area contributed by atoms with Crippen LogP contribution in [0.5, 0.6) is 5.75 Å². The molecule has 0 unspecified atom stereocenters. The highest BCUT2D eigenvalue weighted by atomic mass is 79.9. The van der Waals surface area contributed by atoms with E-state index in [0.29, 0.717) is 29.7 Å². The predicted molar refractivity (Wildman–Crippen MR) is 97.5 cm³/mol. The van der Waals surface area contributed by atoms with E-state index >= 15 is 0 Å². The van der Waals surface area contributed by atoms with E-state index in [1.165, 1.54) is 11.3 Å². The Balaban J connectivity index is 1.68. The molecule has 4 rings (SSSR count). The lowest BCUT2D eigenvalue weighted by atomic mass is 10.1. The first-order chi connectivity index (χ1) is 11.6. The van der Waals surface area contributed by atoms with E-state index in [1.807, 2.05) is 23.1 Å². The van der Waals surface area contributed by atoms with Crippen molar-refractivity contribution in [3.63, 3.8) is 0 Å². The Kier molecular flexibility index (Phi) is 3.73. The summed E-state index contributed by atoms with van der Waals surface area (Å²) in [6.07, 6.45) is 0.738. The highest BCUT2D eigenvalue weighted by Crippen LogP contribution is 2.33. The summed E-state index contributed by atoms with van der Waals surface area (Å²) in [7, 11) is 1.62. The van der Waals surface area contributed by atoms with Gasteiger partial charge in [0.1, 0.15) is 11.4 Å². The fraction of sp³-hybridized carbons (Fsp3) is 0.250. The van der Waals surface area contributed by atoms with Crippen LogP contribution in [0, 0.1) is 0 Å². The molecule has 1 aliphatic heterocycles. The first kappa shape index (κ1) is 15.5. The van der Waals surface area contributed by atoms with Crippen LogP contribution in [0.3, 0.4) is 0 Å². The zero-order chi connectivity index (χ0) is 16.8. The van der Waals surface area contributed by atoms with E-state index < -0.39 is 0 Å². The Morgan fingerprint density at radius 2 is 2.33 bits per heavy atom. The monoisotopic (exact) mass is 406 g/mol. The van der Waals surface area contributed by atoms with Gasteiger partial charge < -0.3 is 20.4 Å². The van der Waals surface area contributed by atoms with E-state index in [9.17, 15) is 4.79 Å². The number of anilines is 1. The molecule has 0 fully saturated rings. The van der Waals surface area contributed by atoms with Crippen molar-refractivity contribution in [3.8, 4) is 5.75 Å². The molecule has 3 heterocycles. The van der Waals surface area contributed by atoms with Crippen molar-refractivity contribution < 1.29 is 9.53 Å². The number of fused-ring (bicyclic) bond motifs is 2. The number of carbonyl (C=O) groups excluding carboxylic acids is 1. The molecule has 0 spiro atoms. The maximum absolute atomic E-state index is 12.9. The van der Waals surface area contributed by atoms with Gasteiger partial charge in [-0.15, -0.1) is 11.3 Å². The van der Waals surface area contributed by atoms with Crippen LogP contribution in [-0.2, 0) is 13.0 Å². The molecule has 1 aromatic carbocycles. The summed E-state index contributed by atoms with van der Waals surface area (Å²) in [6, 6.07) is 5.64. The van der Waals surface area contributed by atoms with E-state index in [2.05, 4.69) is 25.9 Å². The number of rotatable bonds is 2. The average Bonchev–Trinajstić information content (AvgIpc) is 3.17. The normalized spacial score (nSPS) is 14.0. The largest absolute Gasteiger partial charge is 0.495 e. The maximum Gasteiger partial charge on any atom is 0.270 e. The molecule has 124 valence electrons. The number of aromatic nitrogens is 2. The van der Waals surface area contributed by atoms with E-state index in [0.717, 1.165) is 32.4 Å². The average molecular weight is 407 g/mol. The Bertz CT molecular complexity index is 949. The number of nitrogens with zero attached hydrogens (tertiary/aromatic N) is 2. The molecule has 0 radical (unpaired) electrons. The Hall–Kier alpha value is -2.06. The number of benzene rings is 1. The lowest BCUT2D eigenvalue weighted by molar-refractivity contribution is 0.0731. The van der Waals surface area contributed by atoms with Gasteiger partial charge in [-0.3, -0.25) is 4.79 Å². The molecule has 6 nitrogen and oxygen atoms in total. The number of thiazole rings is 1. The van der Waals surface area contributed by atoms with Gasteiger partial charge in [-0.25, -0.2) is 4.98 Å². The van der Waals surface area contributed by atoms with Gasteiger partial charge in [0, 0.05) is 27.7 Å². The van der Waals surface area contributed by atoms with Crippen LogP contribution in [0.4, 0.5) is 5.13 Å². The SMILES string of the molecule is COc1ccc(Br)c2cc(C(=O)N3CCc4nc(N)sc4C3)[nH]c12. The zero-order valence-electron chi connectivity index (χ0n) is 12.9. The third-order valence-electron chi connectivity index (χ3n) is 4.19. The molecule has 0 saturated heterocycles. The third kappa shape index (κ3) is 2.46. The van der Waals surface area contributed by atoms with Crippen LogP contribution < -0.4 is 10.5 Å². The summed E-state index contributed by atoms with van der Waals surface area (Å²) in [5.74, 6) is 0.682. The van der Waals surface area contributed by atoms with Crippen molar-refractivity contribution in [1.29, 1.82) is 0 Å². The second kappa shape index (κ2) is 5.78. The number of amides is 1. The first-order valence-corrected chi connectivity index (χ1v) is 9.06. The van der Waals surface area contributed by atoms with Gasteiger partial charge in [-0.2, -0.15) is 0 Å². The quantitative estimate of drug-likeness (QED) is 0.684. The van der Waals surface area contributed by atoms with Crippen LogP contribution in [0.1, 0.15) is 21.1 Å². The number of methoxy groups -OCH3 is 1. The van der Waals surface area contributed by atoms with Crippen LogP contribution in [0.2, 0.25) is 0 Å². The molecule has 0 saturated carbocycles. The number of nitrogen functional groups attached to an aromatic ring is 1. The van der Waals surface area contributed by atoms with Crippen molar-refractivity contribution in [3.05, 3.63) is 38.9 Å². The van der Waals surface area contributed by atoms with Gasteiger partial charge in [-0.1, -0.05) is 15.9 Å². The van der Waals surface area contributed by atoms with Gasteiger partial charge in [0.25, 0.3) is 5.91 Å². The van der Waals surface area contributed by atoms with Crippen LogP contribution >= 0.6 is 27.3 Å². The fourth-order valence-corrected chi connectivity index (χ4v) is 4.34. The molecule has 3 N–H and O–H groups in total. The van der Waals surface area contributed by atoms with Gasteiger partial charge in [0.15, 0.2) is 5.13 Å². The summed E-state index contributed by atoms with van der Waals surface area (Å²) in [4.78, 5) is 23.3. The second-order valence-electron chi connectivity index (χ2n) is 5.62. The lowest BCUT2D eigenvalue weighted by Gasteiger charge is -2.25. The number of aromatic amines is 1. The minimum Gasteiger partial charge on any atom is -0.495 e. The number of halogens is 1. The molecule has 8 heteroatoms. The standard InChI is InChI=1S/C16H15BrN4O2S/c1-23-12-3-2-9(17)8-6-11(19-14(8)12)15(22)21-5-4-10-13(7-21)24-16(18)20-10/h2-3,6,19H,4-5,7H2,1H3,(H2,18,20). The molecule has 0 bridgehead atoms. The molecule has 1 amide bonds. The van der Waals surface area contributed by atoms with Crippen molar-refractivity contribution in [1.82, 2.24) is 14.9 Å². The maximum atomic E-state index is 12.9. The predicted octanol–water partition coefficient (Wildman–Crippen LogP) is 3.18. The second-order valence-corrected chi connectivity index (χ2v) is 7.59. The summed E-state index contributed by atoms with van der Waals surface area (Å²) in [5, 5.41) is 1.49. The minimum absolute atomic E-state index is 0.0298. The molecule has 24 heavy (non-hydrogen) atoms.